The highest BCUT2D eigenvalue weighted by molar-refractivity contribution is 7.80. The lowest BCUT2D eigenvalue weighted by Crippen LogP contribution is -2.49. The molecule has 0 saturated carbocycles. The first-order valence-corrected chi connectivity index (χ1v) is 11.9. The zero-order valence-electron chi connectivity index (χ0n) is 18.4. The first-order chi connectivity index (χ1) is 17.0. The molecular weight excluding hydrogens is 476 g/mol. The molecule has 5 aromatic rings. The molecule has 0 unspecified atom stereocenters. The summed E-state index contributed by atoms with van der Waals surface area (Å²) in [5.74, 6) is -0.442. The normalized spacial score (nSPS) is 10.7. The summed E-state index contributed by atoms with van der Waals surface area (Å²) in [4.78, 5) is 14.2. The molecule has 0 aliphatic heterocycles. The Morgan fingerprint density at radius 3 is 2.03 bits per heavy atom. The highest BCUT2D eigenvalue weighted by atomic mass is 32.1. The largest absolute Gasteiger partial charge is 0.397 e. The highest BCUT2D eigenvalue weighted by Gasteiger charge is 2.25. The molecule has 0 saturated heterocycles. The minimum Gasteiger partial charge on any atom is -0.397 e. The van der Waals surface area contributed by atoms with Crippen molar-refractivity contribution in [3.63, 3.8) is 0 Å². The number of rotatable bonds is 4. The number of anilines is 2. The second kappa shape index (κ2) is 9.49. The summed E-state index contributed by atoms with van der Waals surface area (Å²) in [6.45, 7) is 0. The SMILES string of the molecule is NC(=S)N(NC(=O)c1sc2nnc(-c3ccccc3)c(-c3ccccc3)c2c1N)c1ccccc1. The summed E-state index contributed by atoms with van der Waals surface area (Å²) in [6, 6.07) is 28.7. The minimum atomic E-state index is -0.442. The maximum Gasteiger partial charge on any atom is 0.282 e. The standard InChI is InChI=1S/C26H20N6OS2/c27-21-20-19(16-10-4-1-5-11-16)22(17-12-6-2-7-13-17)29-30-25(20)35-23(21)24(33)31-32(26(28)34)18-14-8-3-9-15-18/h1-15H,27H2,(H2,28,34)(H,31,33). The number of nitrogens with zero attached hydrogens (tertiary/aromatic N) is 3. The molecule has 172 valence electrons. The third-order valence-corrected chi connectivity index (χ3v) is 6.69. The molecule has 2 heterocycles. The summed E-state index contributed by atoms with van der Waals surface area (Å²) < 4.78 is 0. The van der Waals surface area contributed by atoms with E-state index in [2.05, 4.69) is 15.6 Å². The predicted molar refractivity (Wildman–Crippen MR) is 146 cm³/mol. The lowest BCUT2D eigenvalue weighted by molar-refractivity contribution is 0.0960. The van der Waals surface area contributed by atoms with Crippen LogP contribution in [0.1, 0.15) is 9.67 Å². The Bertz CT molecular complexity index is 1520. The van der Waals surface area contributed by atoms with Gasteiger partial charge in [-0.05, 0) is 29.9 Å². The smallest absolute Gasteiger partial charge is 0.282 e. The number of aromatic nitrogens is 2. The number of nitrogens with two attached hydrogens (primary N) is 2. The molecule has 35 heavy (non-hydrogen) atoms. The zero-order valence-corrected chi connectivity index (χ0v) is 20.0. The van der Waals surface area contributed by atoms with Gasteiger partial charge < -0.3 is 11.5 Å². The van der Waals surface area contributed by atoms with Crippen LogP contribution in [0.15, 0.2) is 91.0 Å². The number of para-hydroxylation sites is 1. The number of hydrogen-bond donors (Lipinski definition) is 3. The van der Waals surface area contributed by atoms with Crippen molar-refractivity contribution < 1.29 is 4.79 Å². The van der Waals surface area contributed by atoms with E-state index in [0.717, 1.165) is 16.7 Å². The summed E-state index contributed by atoms with van der Waals surface area (Å²) >= 11 is 6.33. The van der Waals surface area contributed by atoms with Crippen molar-refractivity contribution in [2.24, 2.45) is 5.73 Å². The van der Waals surface area contributed by atoms with E-state index in [1.807, 2.05) is 78.9 Å². The number of benzene rings is 3. The third kappa shape index (κ3) is 4.30. The van der Waals surface area contributed by atoms with Gasteiger partial charge in [0.05, 0.1) is 11.4 Å². The minimum absolute atomic E-state index is 0.000336. The molecule has 5 N–H and O–H groups in total. The van der Waals surface area contributed by atoms with E-state index >= 15 is 0 Å². The number of amides is 1. The Balaban J connectivity index is 1.65. The van der Waals surface area contributed by atoms with Gasteiger partial charge in [-0.15, -0.1) is 21.5 Å². The van der Waals surface area contributed by atoms with Crippen LogP contribution in [0.4, 0.5) is 11.4 Å². The Labute approximate surface area is 211 Å². The molecule has 0 aliphatic carbocycles. The van der Waals surface area contributed by atoms with Gasteiger partial charge in [0.1, 0.15) is 15.4 Å². The van der Waals surface area contributed by atoms with Crippen molar-refractivity contribution in [2.75, 3.05) is 10.7 Å². The van der Waals surface area contributed by atoms with E-state index in [9.17, 15) is 4.79 Å². The quantitative estimate of drug-likeness (QED) is 0.237. The second-order valence-corrected chi connectivity index (χ2v) is 9.05. The number of hydrazine groups is 1. The van der Waals surface area contributed by atoms with Crippen molar-refractivity contribution in [3.05, 3.63) is 95.9 Å². The van der Waals surface area contributed by atoms with E-state index in [1.54, 1.807) is 12.1 Å². The third-order valence-electron chi connectivity index (χ3n) is 5.42. The van der Waals surface area contributed by atoms with Crippen LogP contribution in [0.25, 0.3) is 32.6 Å². The lowest BCUT2D eigenvalue weighted by Gasteiger charge is -2.23. The second-order valence-electron chi connectivity index (χ2n) is 7.63. The fraction of sp³-hybridized carbons (Fsp3) is 0. The Morgan fingerprint density at radius 2 is 1.43 bits per heavy atom. The molecule has 9 heteroatoms. The lowest BCUT2D eigenvalue weighted by atomic mass is 9.96. The topological polar surface area (TPSA) is 110 Å². The maximum absolute atomic E-state index is 13.3. The van der Waals surface area contributed by atoms with Gasteiger partial charge in [0.15, 0.2) is 5.11 Å². The van der Waals surface area contributed by atoms with Gasteiger partial charge in [-0.1, -0.05) is 78.9 Å². The first-order valence-electron chi connectivity index (χ1n) is 10.7. The number of hydrogen-bond acceptors (Lipinski definition) is 6. The van der Waals surface area contributed by atoms with Crippen molar-refractivity contribution in [3.8, 4) is 22.4 Å². The molecule has 0 aliphatic rings. The average molecular weight is 497 g/mol. The molecule has 0 bridgehead atoms. The van der Waals surface area contributed by atoms with Crippen LogP contribution in [0.3, 0.4) is 0 Å². The number of thiophene rings is 1. The molecule has 0 atom stereocenters. The van der Waals surface area contributed by atoms with Crippen LogP contribution in [0.2, 0.25) is 0 Å². The van der Waals surface area contributed by atoms with Crippen molar-refractivity contribution in [1.29, 1.82) is 0 Å². The van der Waals surface area contributed by atoms with Crippen LogP contribution in [0.5, 0.6) is 0 Å². The molecule has 5 rings (SSSR count). The summed E-state index contributed by atoms with van der Waals surface area (Å²) in [6.07, 6.45) is 0. The van der Waals surface area contributed by atoms with Gasteiger partial charge in [-0.3, -0.25) is 10.2 Å². The first kappa shape index (κ1) is 22.5. The van der Waals surface area contributed by atoms with Gasteiger partial charge in [0.2, 0.25) is 0 Å². The van der Waals surface area contributed by atoms with Crippen LogP contribution >= 0.6 is 23.6 Å². The molecule has 7 nitrogen and oxygen atoms in total. The predicted octanol–water partition coefficient (Wildman–Crippen LogP) is 5.00. The van der Waals surface area contributed by atoms with Crippen LogP contribution in [-0.2, 0) is 0 Å². The zero-order chi connectivity index (χ0) is 24.4. The van der Waals surface area contributed by atoms with Crippen molar-refractivity contribution in [1.82, 2.24) is 15.6 Å². The van der Waals surface area contributed by atoms with E-state index in [1.165, 1.54) is 16.3 Å². The molecule has 2 aromatic heterocycles. The summed E-state index contributed by atoms with van der Waals surface area (Å²) in [5.41, 5.74) is 19.6. The number of carbonyl (C=O) groups excluding carboxylic acids is 1. The highest BCUT2D eigenvalue weighted by Crippen LogP contribution is 2.42. The molecular formula is C26H20N6OS2. The van der Waals surface area contributed by atoms with Crippen LogP contribution in [0, 0.1) is 0 Å². The Morgan fingerprint density at radius 1 is 0.857 bits per heavy atom. The number of carbonyl (C=O) groups is 1. The molecule has 3 aromatic carbocycles. The van der Waals surface area contributed by atoms with Crippen molar-refractivity contribution in [2.45, 2.75) is 0 Å². The fourth-order valence-electron chi connectivity index (χ4n) is 3.84. The van der Waals surface area contributed by atoms with E-state index in [4.69, 9.17) is 23.7 Å². The van der Waals surface area contributed by atoms with Crippen molar-refractivity contribution >= 4 is 56.2 Å². The monoisotopic (exact) mass is 496 g/mol. The Kier molecular flexibility index (Phi) is 6.09. The number of nitrogen functional groups attached to an aromatic ring is 1. The number of thiocarbonyl (C=S) groups is 1. The van der Waals surface area contributed by atoms with Crippen LogP contribution in [-0.4, -0.2) is 21.2 Å². The average Bonchev–Trinajstić information content (AvgIpc) is 3.24. The Hall–Kier alpha value is -4.34. The maximum atomic E-state index is 13.3. The van der Waals surface area contributed by atoms with Gasteiger partial charge in [0.25, 0.3) is 5.91 Å². The van der Waals surface area contributed by atoms with Gasteiger partial charge in [0, 0.05) is 16.5 Å². The number of fused-ring (bicyclic) bond motifs is 1. The molecule has 0 radical (unpaired) electrons. The fourth-order valence-corrected chi connectivity index (χ4v) is 4.93. The summed E-state index contributed by atoms with van der Waals surface area (Å²) in [7, 11) is 0. The van der Waals surface area contributed by atoms with E-state index < -0.39 is 5.91 Å². The number of nitrogens with one attached hydrogen (secondary N) is 1. The molecule has 0 spiro atoms. The van der Waals surface area contributed by atoms with Gasteiger partial charge >= 0.3 is 0 Å². The van der Waals surface area contributed by atoms with Gasteiger partial charge in [-0.2, -0.15) is 0 Å². The van der Waals surface area contributed by atoms with E-state index in [0.29, 0.717) is 32.2 Å². The van der Waals surface area contributed by atoms with E-state index in [-0.39, 0.29) is 5.11 Å². The molecule has 1 amide bonds. The summed E-state index contributed by atoms with van der Waals surface area (Å²) in [5, 5.41) is 11.0. The van der Waals surface area contributed by atoms with Gasteiger partial charge in [-0.25, -0.2) is 5.01 Å². The molecule has 0 fully saturated rings. The van der Waals surface area contributed by atoms with Crippen LogP contribution < -0.4 is 21.9 Å².